The van der Waals surface area contributed by atoms with E-state index in [2.05, 4.69) is 0 Å². The number of carboxylic acid groups (broad SMARTS) is 1. The van der Waals surface area contributed by atoms with Crippen LogP contribution in [-0.2, 0) is 14.4 Å². The average Bonchev–Trinajstić information content (AvgIpc) is 2.93. The molecule has 1 saturated heterocycles. The first-order valence-corrected chi connectivity index (χ1v) is 9.07. The maximum absolute atomic E-state index is 12.7. The molecule has 1 atom stereocenters. The fourth-order valence-electron chi connectivity index (χ4n) is 3.25. The van der Waals surface area contributed by atoms with Crippen molar-refractivity contribution in [1.82, 2.24) is 4.90 Å². The van der Waals surface area contributed by atoms with Crippen molar-refractivity contribution in [3.05, 3.63) is 76.3 Å². The van der Waals surface area contributed by atoms with Crippen molar-refractivity contribution < 1.29 is 24.6 Å². The summed E-state index contributed by atoms with van der Waals surface area (Å²) in [7, 11) is 0. The Balaban J connectivity index is 2.08. The minimum absolute atomic E-state index is 0.0352. The third kappa shape index (κ3) is 3.92. The van der Waals surface area contributed by atoms with Gasteiger partial charge < -0.3 is 19.9 Å². The van der Waals surface area contributed by atoms with Crippen molar-refractivity contribution in [1.29, 1.82) is 0 Å². The lowest BCUT2D eigenvalue weighted by atomic mass is 9.95. The zero-order valence-electron chi connectivity index (χ0n) is 14.8. The number of hydrogen-bond donors (Lipinski definition) is 1. The van der Waals surface area contributed by atoms with Crippen LogP contribution in [0.25, 0.3) is 5.76 Å². The SMILES string of the molecule is O=C([O-])CCCN1C(=O)C(=O)C(=C(O)c2ccccc2)C1c1ccc(Cl)cc1. The molecule has 0 saturated carbocycles. The summed E-state index contributed by atoms with van der Waals surface area (Å²) < 4.78 is 0. The number of hydrogen-bond acceptors (Lipinski definition) is 5. The van der Waals surface area contributed by atoms with E-state index < -0.39 is 23.7 Å². The number of nitrogens with zero attached hydrogens (tertiary/aromatic N) is 1. The van der Waals surface area contributed by atoms with E-state index in [4.69, 9.17) is 11.6 Å². The first kappa shape index (κ1) is 19.6. The van der Waals surface area contributed by atoms with Crippen LogP contribution in [0.4, 0.5) is 0 Å². The molecule has 2 aromatic rings. The Hall–Kier alpha value is -3.12. The predicted molar refractivity (Wildman–Crippen MR) is 101 cm³/mol. The number of aliphatic hydroxyl groups is 1. The molecule has 1 fully saturated rings. The molecule has 0 radical (unpaired) electrons. The maximum atomic E-state index is 12.7. The number of ketones is 1. The fraction of sp³-hybridized carbons (Fsp3) is 0.190. The van der Waals surface area contributed by atoms with Crippen molar-refractivity contribution >= 4 is 35.0 Å². The molecule has 1 amide bonds. The van der Waals surface area contributed by atoms with Crippen molar-refractivity contribution in [2.75, 3.05) is 6.54 Å². The van der Waals surface area contributed by atoms with Gasteiger partial charge in [-0.1, -0.05) is 54.1 Å². The van der Waals surface area contributed by atoms with Gasteiger partial charge in [-0.05, 0) is 30.5 Å². The molecule has 0 aromatic heterocycles. The van der Waals surface area contributed by atoms with Crippen LogP contribution in [0, 0.1) is 0 Å². The fourth-order valence-corrected chi connectivity index (χ4v) is 3.37. The van der Waals surface area contributed by atoms with Gasteiger partial charge in [0.05, 0.1) is 11.6 Å². The summed E-state index contributed by atoms with van der Waals surface area (Å²) in [6.07, 6.45) is -0.111. The molecule has 0 bridgehead atoms. The molecule has 1 heterocycles. The minimum atomic E-state index is -1.23. The van der Waals surface area contributed by atoms with E-state index in [1.165, 1.54) is 4.90 Å². The minimum Gasteiger partial charge on any atom is -0.550 e. The van der Waals surface area contributed by atoms with Gasteiger partial charge in [-0.2, -0.15) is 0 Å². The molecule has 7 heteroatoms. The highest BCUT2D eigenvalue weighted by Crippen LogP contribution is 2.39. The topological polar surface area (TPSA) is 97.7 Å². The van der Waals surface area contributed by atoms with Crippen LogP contribution in [0.2, 0.25) is 5.02 Å². The first-order valence-electron chi connectivity index (χ1n) is 8.69. The van der Waals surface area contributed by atoms with Crippen molar-refractivity contribution in [3.63, 3.8) is 0 Å². The third-order valence-corrected chi connectivity index (χ3v) is 4.80. The van der Waals surface area contributed by atoms with Crippen LogP contribution in [0.1, 0.15) is 30.0 Å². The van der Waals surface area contributed by atoms with Crippen molar-refractivity contribution in [2.45, 2.75) is 18.9 Å². The molecule has 28 heavy (non-hydrogen) atoms. The van der Waals surface area contributed by atoms with Gasteiger partial charge in [-0.3, -0.25) is 9.59 Å². The number of benzene rings is 2. The number of Topliss-reactive ketones (excluding diaryl/α,β-unsaturated/α-hetero) is 1. The van der Waals surface area contributed by atoms with Gasteiger partial charge in [0.25, 0.3) is 11.7 Å². The lowest BCUT2D eigenvalue weighted by Gasteiger charge is -2.25. The summed E-state index contributed by atoms with van der Waals surface area (Å²) >= 11 is 5.94. The second-order valence-electron chi connectivity index (χ2n) is 6.39. The average molecular weight is 399 g/mol. The van der Waals surface area contributed by atoms with E-state index in [9.17, 15) is 24.6 Å². The summed E-state index contributed by atoms with van der Waals surface area (Å²) in [6.45, 7) is 0.0391. The summed E-state index contributed by atoms with van der Waals surface area (Å²) in [5, 5.41) is 22.0. The highest BCUT2D eigenvalue weighted by molar-refractivity contribution is 6.46. The largest absolute Gasteiger partial charge is 0.550 e. The highest BCUT2D eigenvalue weighted by atomic mass is 35.5. The number of carbonyl (C=O) groups is 3. The summed E-state index contributed by atoms with van der Waals surface area (Å²) in [5.74, 6) is -3.10. The van der Waals surface area contributed by atoms with Crippen molar-refractivity contribution in [3.8, 4) is 0 Å². The third-order valence-electron chi connectivity index (χ3n) is 4.55. The zero-order valence-corrected chi connectivity index (χ0v) is 15.6. The van der Waals surface area contributed by atoms with Gasteiger partial charge in [-0.15, -0.1) is 0 Å². The van der Waals surface area contributed by atoms with E-state index >= 15 is 0 Å². The summed E-state index contributed by atoms with van der Waals surface area (Å²) in [5.41, 5.74) is 0.968. The van der Waals surface area contributed by atoms with Gasteiger partial charge >= 0.3 is 0 Å². The Morgan fingerprint density at radius 1 is 1.07 bits per heavy atom. The van der Waals surface area contributed by atoms with Gasteiger partial charge in [-0.25, -0.2) is 0 Å². The van der Waals surface area contributed by atoms with Gasteiger partial charge in [0.15, 0.2) is 0 Å². The molecule has 3 rings (SSSR count). The van der Waals surface area contributed by atoms with Gasteiger partial charge in [0.1, 0.15) is 5.76 Å². The van der Waals surface area contributed by atoms with Crippen LogP contribution >= 0.6 is 11.6 Å². The molecular weight excluding hydrogens is 382 g/mol. The number of aliphatic carboxylic acids is 1. The normalized spacial score (nSPS) is 18.5. The number of carboxylic acids is 1. The number of carbonyl (C=O) groups excluding carboxylic acids is 3. The lowest BCUT2D eigenvalue weighted by Crippen LogP contribution is -2.32. The van der Waals surface area contributed by atoms with E-state index in [0.29, 0.717) is 16.1 Å². The van der Waals surface area contributed by atoms with Crippen LogP contribution in [-0.4, -0.2) is 34.2 Å². The Labute approximate surface area is 166 Å². The monoisotopic (exact) mass is 398 g/mol. The van der Waals surface area contributed by atoms with Crippen molar-refractivity contribution in [2.24, 2.45) is 0 Å². The molecule has 1 aliphatic rings. The summed E-state index contributed by atoms with van der Waals surface area (Å²) in [6, 6.07) is 14.2. The second kappa shape index (κ2) is 8.27. The highest BCUT2D eigenvalue weighted by Gasteiger charge is 2.45. The van der Waals surface area contributed by atoms with E-state index in [1.54, 1.807) is 54.6 Å². The van der Waals surface area contributed by atoms with E-state index in [1.807, 2.05) is 0 Å². The van der Waals surface area contributed by atoms with Gasteiger partial charge in [0.2, 0.25) is 0 Å². The molecule has 144 valence electrons. The molecular formula is C21H17ClNO5-. The number of amides is 1. The zero-order chi connectivity index (χ0) is 20.3. The molecule has 0 spiro atoms. The number of rotatable bonds is 6. The Kier molecular flexibility index (Phi) is 5.80. The maximum Gasteiger partial charge on any atom is 0.295 e. The summed E-state index contributed by atoms with van der Waals surface area (Å²) in [4.78, 5) is 37.3. The standard InChI is InChI=1S/C21H18ClNO5/c22-15-10-8-13(9-11-15)18-17(19(26)14-5-2-1-3-6-14)20(27)21(28)23(18)12-4-7-16(24)25/h1-3,5-6,8-11,18,26H,4,7,12H2,(H,24,25)/p-1. The van der Waals surface area contributed by atoms with E-state index in [0.717, 1.165) is 0 Å². The number of halogens is 1. The molecule has 2 aromatic carbocycles. The Morgan fingerprint density at radius 3 is 2.32 bits per heavy atom. The smallest absolute Gasteiger partial charge is 0.295 e. The molecule has 1 aliphatic heterocycles. The molecule has 1 N–H and O–H groups in total. The lowest BCUT2D eigenvalue weighted by molar-refractivity contribution is -0.305. The molecule has 6 nitrogen and oxygen atoms in total. The van der Waals surface area contributed by atoms with Crippen LogP contribution in [0.3, 0.4) is 0 Å². The van der Waals surface area contributed by atoms with Crippen LogP contribution in [0.5, 0.6) is 0 Å². The van der Waals surface area contributed by atoms with Crippen LogP contribution < -0.4 is 5.11 Å². The second-order valence-corrected chi connectivity index (χ2v) is 6.82. The van der Waals surface area contributed by atoms with Crippen LogP contribution in [0.15, 0.2) is 60.2 Å². The number of likely N-dealkylation sites (tertiary alicyclic amines) is 1. The predicted octanol–water partition coefficient (Wildman–Crippen LogP) is 2.29. The molecule has 0 aliphatic carbocycles. The van der Waals surface area contributed by atoms with Gasteiger partial charge in [0, 0.05) is 23.1 Å². The first-order chi connectivity index (χ1) is 13.4. The number of aliphatic hydroxyl groups excluding tert-OH is 1. The van der Waals surface area contributed by atoms with E-state index in [-0.39, 0.29) is 30.7 Å². The Morgan fingerprint density at radius 2 is 1.71 bits per heavy atom. The Bertz CT molecular complexity index is 937. The quantitative estimate of drug-likeness (QED) is 0.457. The molecule has 1 unspecified atom stereocenters.